The van der Waals surface area contributed by atoms with Crippen molar-refractivity contribution in [1.29, 1.82) is 0 Å². The van der Waals surface area contributed by atoms with Gasteiger partial charge in [0.1, 0.15) is 10.6 Å². The summed E-state index contributed by atoms with van der Waals surface area (Å²) in [5.74, 6) is 3.96. The van der Waals surface area contributed by atoms with E-state index in [1.807, 2.05) is 0 Å². The van der Waals surface area contributed by atoms with Gasteiger partial charge in [0.05, 0.1) is 5.39 Å². The van der Waals surface area contributed by atoms with Gasteiger partial charge < -0.3 is 11.1 Å². The normalized spacial score (nSPS) is 29.1. The van der Waals surface area contributed by atoms with Crippen molar-refractivity contribution < 1.29 is 0 Å². The van der Waals surface area contributed by atoms with Gasteiger partial charge in [-0.25, -0.2) is 4.98 Å². The molecule has 2 fully saturated rings. The lowest BCUT2D eigenvalue weighted by Crippen LogP contribution is -2.30. The highest BCUT2D eigenvalue weighted by atomic mass is 32.1. The molecule has 3 N–H and O–H groups in total. The Bertz CT molecular complexity index is 680. The number of nitrogens with zero attached hydrogens (tertiary/aromatic N) is 2. The monoisotopic (exact) mass is 302 g/mol. The number of anilines is 2. The Morgan fingerprint density at radius 2 is 2.19 bits per heavy atom. The highest BCUT2D eigenvalue weighted by Gasteiger charge is 2.41. The Labute approximate surface area is 129 Å². The standard InChI is InChI=1S/C16H22N4S/c1-8-5-13-14(19-16(17)20-15(13)21-8)18-9(2)12-7-10-3-4-11(12)6-10/h5,9-12H,3-4,6-7H2,1-2H3,(H3,17,18,19,20). The van der Waals surface area contributed by atoms with Crippen molar-refractivity contribution >= 4 is 33.3 Å². The van der Waals surface area contributed by atoms with E-state index in [-0.39, 0.29) is 0 Å². The van der Waals surface area contributed by atoms with E-state index < -0.39 is 0 Å². The summed E-state index contributed by atoms with van der Waals surface area (Å²) >= 11 is 1.68. The number of hydrogen-bond acceptors (Lipinski definition) is 5. The van der Waals surface area contributed by atoms with E-state index in [1.165, 1.54) is 30.6 Å². The highest BCUT2D eigenvalue weighted by Crippen LogP contribution is 2.50. The number of nitrogens with one attached hydrogen (secondary N) is 1. The molecule has 2 aromatic heterocycles. The van der Waals surface area contributed by atoms with Crippen LogP contribution in [0.15, 0.2) is 6.07 Å². The van der Waals surface area contributed by atoms with Crippen LogP contribution >= 0.6 is 11.3 Å². The maximum atomic E-state index is 5.87. The zero-order valence-electron chi connectivity index (χ0n) is 12.6. The molecule has 2 aliphatic rings. The Kier molecular flexibility index (Phi) is 3.06. The number of nitrogens with two attached hydrogens (primary N) is 1. The van der Waals surface area contributed by atoms with Crippen molar-refractivity contribution in [2.75, 3.05) is 11.1 Å². The van der Waals surface area contributed by atoms with Crippen molar-refractivity contribution in [3.63, 3.8) is 0 Å². The third-order valence-corrected chi connectivity index (χ3v) is 6.28. The van der Waals surface area contributed by atoms with Gasteiger partial charge in [-0.15, -0.1) is 11.3 Å². The molecular weight excluding hydrogens is 280 g/mol. The van der Waals surface area contributed by atoms with Gasteiger partial charge in [0.15, 0.2) is 0 Å². The summed E-state index contributed by atoms with van der Waals surface area (Å²) in [7, 11) is 0. The quantitative estimate of drug-likeness (QED) is 0.904. The molecule has 2 aliphatic carbocycles. The third-order valence-electron chi connectivity index (χ3n) is 5.33. The number of nitrogen functional groups attached to an aromatic ring is 1. The summed E-state index contributed by atoms with van der Waals surface area (Å²) in [4.78, 5) is 11.0. The van der Waals surface area contributed by atoms with Gasteiger partial charge >= 0.3 is 0 Å². The predicted molar refractivity (Wildman–Crippen MR) is 88.6 cm³/mol. The molecule has 2 bridgehead atoms. The molecule has 0 spiro atoms. The number of thiophene rings is 1. The van der Waals surface area contributed by atoms with Gasteiger partial charge in [-0.2, -0.15) is 4.98 Å². The Morgan fingerprint density at radius 3 is 2.90 bits per heavy atom. The van der Waals surface area contributed by atoms with Crippen molar-refractivity contribution in [2.24, 2.45) is 17.8 Å². The average Bonchev–Trinajstić information content (AvgIpc) is 3.12. The lowest BCUT2D eigenvalue weighted by molar-refractivity contribution is 0.304. The fraction of sp³-hybridized carbons (Fsp3) is 0.625. The van der Waals surface area contributed by atoms with Crippen LogP contribution in [-0.4, -0.2) is 16.0 Å². The summed E-state index contributed by atoms with van der Waals surface area (Å²) in [5.41, 5.74) is 5.87. The minimum atomic E-state index is 0.368. The van der Waals surface area contributed by atoms with Crippen molar-refractivity contribution in [2.45, 2.75) is 45.6 Å². The second-order valence-electron chi connectivity index (χ2n) is 6.78. The van der Waals surface area contributed by atoms with Crippen molar-refractivity contribution in [3.05, 3.63) is 10.9 Å². The average molecular weight is 302 g/mol. The second kappa shape index (κ2) is 4.83. The van der Waals surface area contributed by atoms with E-state index in [0.29, 0.717) is 12.0 Å². The molecule has 2 heterocycles. The van der Waals surface area contributed by atoms with E-state index in [4.69, 9.17) is 5.73 Å². The predicted octanol–water partition coefficient (Wildman–Crippen LogP) is 3.82. The van der Waals surface area contributed by atoms with Crippen LogP contribution < -0.4 is 11.1 Å². The Morgan fingerprint density at radius 1 is 1.33 bits per heavy atom. The molecule has 21 heavy (non-hydrogen) atoms. The van der Waals surface area contributed by atoms with Crippen molar-refractivity contribution in [1.82, 2.24) is 9.97 Å². The van der Waals surface area contributed by atoms with E-state index in [1.54, 1.807) is 11.3 Å². The molecule has 0 aromatic carbocycles. The first-order chi connectivity index (χ1) is 10.1. The first-order valence-electron chi connectivity index (χ1n) is 7.90. The first-order valence-corrected chi connectivity index (χ1v) is 8.72. The number of aryl methyl sites for hydroxylation is 1. The van der Waals surface area contributed by atoms with Crippen LogP contribution in [0.1, 0.15) is 37.5 Å². The molecule has 2 aromatic rings. The molecule has 4 nitrogen and oxygen atoms in total. The van der Waals surface area contributed by atoms with E-state index in [2.05, 4.69) is 35.2 Å². The van der Waals surface area contributed by atoms with Gasteiger partial charge in [-0.3, -0.25) is 0 Å². The van der Waals surface area contributed by atoms with Gasteiger partial charge in [0.25, 0.3) is 0 Å². The largest absolute Gasteiger partial charge is 0.368 e. The molecule has 0 saturated heterocycles. The minimum Gasteiger partial charge on any atom is -0.368 e. The summed E-state index contributed by atoms with van der Waals surface area (Å²) in [6.07, 6.45) is 5.68. The molecule has 4 atom stereocenters. The van der Waals surface area contributed by atoms with Crippen molar-refractivity contribution in [3.8, 4) is 0 Å². The smallest absolute Gasteiger partial charge is 0.223 e. The van der Waals surface area contributed by atoms with Gasteiger partial charge in [0.2, 0.25) is 5.95 Å². The van der Waals surface area contributed by atoms with Crippen LogP contribution in [0.4, 0.5) is 11.8 Å². The van der Waals surface area contributed by atoms with E-state index in [9.17, 15) is 0 Å². The molecule has 0 radical (unpaired) electrons. The maximum absolute atomic E-state index is 5.87. The Hall–Kier alpha value is -1.36. The summed E-state index contributed by atoms with van der Waals surface area (Å²) in [6, 6.07) is 2.62. The van der Waals surface area contributed by atoms with E-state index in [0.717, 1.165) is 33.8 Å². The molecular formula is C16H22N4S. The van der Waals surface area contributed by atoms with Crippen LogP contribution in [-0.2, 0) is 0 Å². The molecule has 4 rings (SSSR count). The molecule has 112 valence electrons. The summed E-state index contributed by atoms with van der Waals surface area (Å²) in [6.45, 7) is 4.40. The number of hydrogen-bond donors (Lipinski definition) is 2. The highest BCUT2D eigenvalue weighted by molar-refractivity contribution is 7.18. The topological polar surface area (TPSA) is 63.8 Å². The number of fused-ring (bicyclic) bond motifs is 3. The molecule has 0 amide bonds. The van der Waals surface area contributed by atoms with Gasteiger partial charge in [0, 0.05) is 10.9 Å². The van der Waals surface area contributed by atoms with Gasteiger partial charge in [-0.05, 0) is 56.9 Å². The first kappa shape index (κ1) is 13.3. The molecule has 4 unspecified atom stereocenters. The van der Waals surface area contributed by atoms with E-state index >= 15 is 0 Å². The third kappa shape index (κ3) is 2.27. The molecule has 0 aliphatic heterocycles. The second-order valence-corrected chi connectivity index (χ2v) is 8.01. The lowest BCUT2D eigenvalue weighted by Gasteiger charge is -2.29. The lowest BCUT2D eigenvalue weighted by atomic mass is 9.84. The van der Waals surface area contributed by atoms with Crippen LogP contribution in [0.3, 0.4) is 0 Å². The SMILES string of the molecule is Cc1cc2c(NC(C)C3CC4CCC3C4)nc(N)nc2s1. The van der Waals surface area contributed by atoms with Crippen LogP contribution in [0.2, 0.25) is 0 Å². The number of rotatable bonds is 3. The van der Waals surface area contributed by atoms with Gasteiger partial charge in [-0.1, -0.05) is 6.42 Å². The van der Waals surface area contributed by atoms with Crippen LogP contribution in [0.5, 0.6) is 0 Å². The molecule has 2 saturated carbocycles. The Balaban J connectivity index is 1.61. The fourth-order valence-electron chi connectivity index (χ4n) is 4.40. The van der Waals surface area contributed by atoms with Crippen LogP contribution in [0, 0.1) is 24.7 Å². The van der Waals surface area contributed by atoms with Crippen LogP contribution in [0.25, 0.3) is 10.2 Å². The number of aromatic nitrogens is 2. The fourth-order valence-corrected chi connectivity index (χ4v) is 5.28. The summed E-state index contributed by atoms with van der Waals surface area (Å²) < 4.78 is 0. The summed E-state index contributed by atoms with van der Waals surface area (Å²) in [5, 5.41) is 4.75. The molecule has 5 heteroatoms. The zero-order chi connectivity index (χ0) is 14.6. The maximum Gasteiger partial charge on any atom is 0.223 e. The minimum absolute atomic E-state index is 0.368. The zero-order valence-corrected chi connectivity index (χ0v) is 13.4.